The van der Waals surface area contributed by atoms with E-state index < -0.39 is 5.91 Å². The van der Waals surface area contributed by atoms with E-state index in [1.165, 1.54) is 12.8 Å². The third-order valence-electron chi connectivity index (χ3n) is 6.49. The number of allylic oxidation sites excluding steroid dienone is 1. The lowest BCUT2D eigenvalue weighted by atomic mass is 10.1. The number of piperazine rings is 1. The van der Waals surface area contributed by atoms with Crippen LogP contribution in [-0.4, -0.2) is 65.8 Å². The molecule has 1 atom stereocenters. The summed E-state index contributed by atoms with van der Waals surface area (Å²) in [6.07, 6.45) is 6.18. The predicted octanol–water partition coefficient (Wildman–Crippen LogP) is 1.42. The maximum Gasteiger partial charge on any atom is 0.273 e. The number of primary amides is 1. The van der Waals surface area contributed by atoms with Gasteiger partial charge in [0.25, 0.3) is 11.8 Å². The minimum Gasteiger partial charge on any atom is -0.369 e. The number of hydrogen-bond acceptors (Lipinski definition) is 7. The Kier molecular flexibility index (Phi) is 5.13. The number of nitrogens with two attached hydrogens (primary N) is 1. The van der Waals surface area contributed by atoms with E-state index in [9.17, 15) is 9.59 Å². The molecule has 2 fully saturated rings. The number of nitrogens with zero attached hydrogens (tertiary/aromatic N) is 4. The molecule has 0 spiro atoms. The largest absolute Gasteiger partial charge is 0.369 e. The number of amidine groups is 1. The zero-order valence-corrected chi connectivity index (χ0v) is 18.5. The summed E-state index contributed by atoms with van der Waals surface area (Å²) in [6.45, 7) is 7.72. The van der Waals surface area contributed by atoms with E-state index in [4.69, 9.17) is 5.73 Å². The van der Waals surface area contributed by atoms with Crippen LogP contribution in [0.2, 0.25) is 0 Å². The Morgan fingerprint density at radius 1 is 1.16 bits per heavy atom. The molecule has 0 radical (unpaired) electrons. The number of benzene rings is 1. The summed E-state index contributed by atoms with van der Waals surface area (Å²) < 4.78 is 0. The van der Waals surface area contributed by atoms with Crippen molar-refractivity contribution < 1.29 is 9.59 Å². The highest BCUT2D eigenvalue weighted by molar-refractivity contribution is 6.09. The molecular formula is C23H29N7O2. The molecule has 3 aliphatic heterocycles. The van der Waals surface area contributed by atoms with E-state index in [2.05, 4.69) is 25.4 Å². The maximum absolute atomic E-state index is 12.9. The van der Waals surface area contributed by atoms with Crippen molar-refractivity contribution in [1.29, 1.82) is 0 Å². The Bertz CT molecular complexity index is 1050. The number of amides is 2. The molecule has 0 aromatic heterocycles. The molecule has 0 bridgehead atoms. The van der Waals surface area contributed by atoms with Crippen LogP contribution in [0.1, 0.15) is 37.0 Å². The Balaban J connectivity index is 1.30. The van der Waals surface area contributed by atoms with Gasteiger partial charge in [0.2, 0.25) is 0 Å². The zero-order chi connectivity index (χ0) is 22.4. The lowest BCUT2D eigenvalue weighted by molar-refractivity contribution is -0.113. The molecule has 4 N–H and O–H groups in total. The number of fused-ring (bicyclic) bond motifs is 1. The molecule has 168 valence electrons. The maximum atomic E-state index is 12.9. The summed E-state index contributed by atoms with van der Waals surface area (Å²) in [5.41, 5.74) is 8.64. The zero-order valence-electron chi connectivity index (χ0n) is 18.5. The highest BCUT2D eigenvalue weighted by Crippen LogP contribution is 2.30. The summed E-state index contributed by atoms with van der Waals surface area (Å²) >= 11 is 0. The molecule has 32 heavy (non-hydrogen) atoms. The van der Waals surface area contributed by atoms with E-state index in [-0.39, 0.29) is 12.1 Å². The third-order valence-corrected chi connectivity index (χ3v) is 6.49. The molecule has 1 aromatic carbocycles. The van der Waals surface area contributed by atoms with Gasteiger partial charge in [0.15, 0.2) is 0 Å². The second-order valence-electron chi connectivity index (χ2n) is 8.81. The van der Waals surface area contributed by atoms with Crippen molar-refractivity contribution in [3.63, 3.8) is 0 Å². The van der Waals surface area contributed by atoms with Crippen molar-refractivity contribution in [3.8, 4) is 0 Å². The van der Waals surface area contributed by atoms with Crippen molar-refractivity contribution >= 4 is 29.0 Å². The molecule has 2 amide bonds. The highest BCUT2D eigenvalue weighted by Gasteiger charge is 2.32. The molecule has 5 rings (SSSR count). The first-order valence-electron chi connectivity index (χ1n) is 11.1. The van der Waals surface area contributed by atoms with Gasteiger partial charge in [-0.3, -0.25) is 14.5 Å². The van der Waals surface area contributed by atoms with Gasteiger partial charge < -0.3 is 26.2 Å². The Hall–Kier alpha value is -3.33. The van der Waals surface area contributed by atoms with Crippen molar-refractivity contribution in [2.75, 3.05) is 36.4 Å². The van der Waals surface area contributed by atoms with Crippen LogP contribution < -0.4 is 21.3 Å². The van der Waals surface area contributed by atoms with E-state index in [0.717, 1.165) is 49.4 Å². The first-order chi connectivity index (χ1) is 15.4. The number of carbonyl (C=O) groups excluding carboxylic acids is 2. The van der Waals surface area contributed by atoms with Gasteiger partial charge in [-0.1, -0.05) is 0 Å². The summed E-state index contributed by atoms with van der Waals surface area (Å²) in [5, 5.41) is 6.04. The Morgan fingerprint density at radius 3 is 2.59 bits per heavy atom. The van der Waals surface area contributed by atoms with Crippen LogP contribution in [0.15, 0.2) is 46.9 Å². The van der Waals surface area contributed by atoms with Crippen molar-refractivity contribution in [2.24, 2.45) is 10.7 Å². The lowest BCUT2D eigenvalue weighted by Crippen LogP contribution is -2.47. The first-order valence-corrected chi connectivity index (χ1v) is 11.1. The van der Waals surface area contributed by atoms with E-state index in [0.29, 0.717) is 16.9 Å². The van der Waals surface area contributed by atoms with Crippen LogP contribution in [0.3, 0.4) is 0 Å². The number of carbonyl (C=O) groups is 2. The van der Waals surface area contributed by atoms with Crippen LogP contribution in [-0.2, 0) is 4.79 Å². The fourth-order valence-electron chi connectivity index (χ4n) is 4.62. The van der Waals surface area contributed by atoms with Gasteiger partial charge in [-0.2, -0.15) is 0 Å². The monoisotopic (exact) mass is 435 g/mol. The van der Waals surface area contributed by atoms with Crippen molar-refractivity contribution in [3.05, 3.63) is 47.4 Å². The van der Waals surface area contributed by atoms with E-state index >= 15 is 0 Å². The second kappa shape index (κ2) is 7.98. The topological polar surface area (TPSA) is 106 Å². The standard InChI is InChI=1S/C23H29N7O2/c1-14-11-21-26-20(13-30(21)15(2)25-14)23(32)27-19-6-5-17(12-18(19)22(24)31)29-9-7-28(8-10-29)16-3-4-16/h5-6,11-13,16,21,26H,3-4,7-10H2,1-2H3,(H2,24,31)(H,27,32). The smallest absolute Gasteiger partial charge is 0.273 e. The molecule has 1 saturated heterocycles. The van der Waals surface area contributed by atoms with Crippen LogP contribution in [0.25, 0.3) is 0 Å². The summed E-state index contributed by atoms with van der Waals surface area (Å²) in [6, 6.07) is 6.26. The van der Waals surface area contributed by atoms with Crippen LogP contribution in [0.5, 0.6) is 0 Å². The fourth-order valence-corrected chi connectivity index (χ4v) is 4.62. The number of rotatable bonds is 5. The third kappa shape index (κ3) is 3.95. The summed E-state index contributed by atoms with van der Waals surface area (Å²) in [7, 11) is 0. The number of nitrogens with one attached hydrogen (secondary N) is 2. The Labute approximate surface area is 187 Å². The van der Waals surface area contributed by atoms with E-state index in [1.807, 2.05) is 30.9 Å². The van der Waals surface area contributed by atoms with Gasteiger partial charge in [0.1, 0.15) is 17.7 Å². The van der Waals surface area contributed by atoms with Gasteiger partial charge in [0, 0.05) is 49.8 Å². The Morgan fingerprint density at radius 2 is 1.91 bits per heavy atom. The normalized spacial score (nSPS) is 23.1. The fraction of sp³-hybridized carbons (Fsp3) is 0.435. The molecule has 9 heteroatoms. The predicted molar refractivity (Wildman–Crippen MR) is 124 cm³/mol. The molecule has 3 heterocycles. The molecule has 1 aliphatic carbocycles. The van der Waals surface area contributed by atoms with Gasteiger partial charge in [-0.05, 0) is 51.0 Å². The highest BCUT2D eigenvalue weighted by atomic mass is 16.2. The average Bonchev–Trinajstić information content (AvgIpc) is 3.53. The van der Waals surface area contributed by atoms with Gasteiger partial charge in [-0.15, -0.1) is 0 Å². The molecular weight excluding hydrogens is 406 g/mol. The van der Waals surface area contributed by atoms with Gasteiger partial charge >= 0.3 is 0 Å². The first kappa shape index (κ1) is 20.6. The number of anilines is 2. The second-order valence-corrected chi connectivity index (χ2v) is 8.81. The minimum absolute atomic E-state index is 0.138. The average molecular weight is 436 g/mol. The van der Waals surface area contributed by atoms with Gasteiger partial charge in [0.05, 0.1) is 11.3 Å². The number of hydrogen-bond donors (Lipinski definition) is 3. The summed E-state index contributed by atoms with van der Waals surface area (Å²) in [5.74, 6) is -0.0770. The van der Waals surface area contributed by atoms with Crippen molar-refractivity contribution in [2.45, 2.75) is 38.9 Å². The van der Waals surface area contributed by atoms with Crippen LogP contribution in [0.4, 0.5) is 11.4 Å². The van der Waals surface area contributed by atoms with Crippen LogP contribution in [0, 0.1) is 0 Å². The number of aliphatic imine (C=N–C) groups is 1. The SMILES string of the molecule is CC1=CC2NC(C(=O)Nc3ccc(N4CCN(C5CC5)CC4)cc3C(N)=O)=CN2C(C)=N1. The molecule has 4 aliphatic rings. The minimum atomic E-state index is -0.564. The van der Waals surface area contributed by atoms with E-state index in [1.54, 1.807) is 18.3 Å². The lowest BCUT2D eigenvalue weighted by Gasteiger charge is -2.36. The van der Waals surface area contributed by atoms with Crippen LogP contribution >= 0.6 is 0 Å². The molecule has 1 unspecified atom stereocenters. The summed E-state index contributed by atoms with van der Waals surface area (Å²) in [4.78, 5) is 36.2. The molecule has 9 nitrogen and oxygen atoms in total. The van der Waals surface area contributed by atoms with Gasteiger partial charge in [-0.25, -0.2) is 4.99 Å². The molecule has 1 saturated carbocycles. The quantitative estimate of drug-likeness (QED) is 0.646. The molecule has 1 aromatic rings. The van der Waals surface area contributed by atoms with Crippen molar-refractivity contribution in [1.82, 2.24) is 15.1 Å².